The van der Waals surface area contributed by atoms with E-state index in [2.05, 4.69) is 12.2 Å². The maximum atomic E-state index is 12.3. The molecule has 1 saturated carbocycles. The third-order valence-electron chi connectivity index (χ3n) is 4.36. The van der Waals surface area contributed by atoms with Crippen molar-refractivity contribution < 1.29 is 9.53 Å². The van der Waals surface area contributed by atoms with Gasteiger partial charge in [-0.1, -0.05) is 67.6 Å². The molecule has 3 heteroatoms. The largest absolute Gasteiger partial charge is 0.374 e. The summed E-state index contributed by atoms with van der Waals surface area (Å²) in [6.45, 7) is 3.15. The maximum Gasteiger partial charge on any atom is 0.223 e. The van der Waals surface area contributed by atoms with Crippen molar-refractivity contribution in [1.82, 2.24) is 5.32 Å². The van der Waals surface area contributed by atoms with Gasteiger partial charge in [0.15, 0.2) is 0 Å². The quantitative estimate of drug-likeness (QED) is 0.846. The molecule has 0 radical (unpaired) electrons. The van der Waals surface area contributed by atoms with Crippen LogP contribution in [-0.4, -0.2) is 12.5 Å². The summed E-state index contributed by atoms with van der Waals surface area (Å²) in [5.74, 6) is 0.835. The van der Waals surface area contributed by atoms with Crippen LogP contribution in [0.4, 0.5) is 0 Å². The number of nitrogens with one attached hydrogen (secondary N) is 1. The number of carbonyl (C=O) groups is 1. The average molecular weight is 309 g/mol. The smallest absolute Gasteiger partial charge is 0.223 e. The van der Waals surface area contributed by atoms with Crippen molar-refractivity contribution in [2.45, 2.75) is 26.0 Å². The molecule has 3 unspecified atom stereocenters. The summed E-state index contributed by atoms with van der Waals surface area (Å²) < 4.78 is 5.85. The van der Waals surface area contributed by atoms with Crippen LogP contribution < -0.4 is 5.32 Å². The summed E-state index contributed by atoms with van der Waals surface area (Å²) >= 11 is 0. The van der Waals surface area contributed by atoms with Crippen molar-refractivity contribution in [3.63, 3.8) is 0 Å². The molecule has 1 amide bonds. The Bertz CT molecular complexity index is 627. The van der Waals surface area contributed by atoms with Crippen molar-refractivity contribution >= 4 is 5.91 Å². The van der Waals surface area contributed by atoms with Gasteiger partial charge in [-0.2, -0.15) is 0 Å². The van der Waals surface area contributed by atoms with Gasteiger partial charge in [0.2, 0.25) is 5.91 Å². The van der Waals surface area contributed by atoms with Crippen molar-refractivity contribution in [3.05, 3.63) is 71.8 Å². The van der Waals surface area contributed by atoms with Crippen LogP contribution in [0.3, 0.4) is 0 Å². The average Bonchev–Trinajstić information content (AvgIpc) is 3.33. The number of carbonyl (C=O) groups excluding carboxylic acids is 1. The number of ether oxygens (including phenoxy) is 1. The zero-order chi connectivity index (χ0) is 16.1. The van der Waals surface area contributed by atoms with E-state index in [9.17, 15) is 4.79 Å². The minimum atomic E-state index is -0.0970. The lowest BCUT2D eigenvalue weighted by Gasteiger charge is -2.19. The third kappa shape index (κ3) is 4.42. The van der Waals surface area contributed by atoms with Crippen LogP contribution in [0.25, 0.3) is 0 Å². The van der Waals surface area contributed by atoms with E-state index in [0.29, 0.717) is 19.1 Å². The van der Waals surface area contributed by atoms with E-state index in [1.165, 1.54) is 0 Å². The SMILES string of the molecule is CC1CC1C(=O)NC(COCc1ccccc1)c1ccccc1. The minimum absolute atomic E-state index is 0.0970. The van der Waals surface area contributed by atoms with Gasteiger partial charge in [-0.05, 0) is 23.5 Å². The second-order valence-electron chi connectivity index (χ2n) is 6.29. The van der Waals surface area contributed by atoms with Crippen molar-refractivity contribution in [2.75, 3.05) is 6.61 Å². The zero-order valence-corrected chi connectivity index (χ0v) is 13.4. The highest BCUT2D eigenvalue weighted by atomic mass is 16.5. The summed E-state index contributed by atoms with van der Waals surface area (Å²) in [5.41, 5.74) is 2.23. The number of rotatable bonds is 7. The number of hydrogen-bond acceptors (Lipinski definition) is 2. The molecule has 1 aliphatic carbocycles. The molecule has 0 saturated heterocycles. The van der Waals surface area contributed by atoms with Gasteiger partial charge < -0.3 is 10.1 Å². The van der Waals surface area contributed by atoms with E-state index in [4.69, 9.17) is 4.74 Å². The molecule has 23 heavy (non-hydrogen) atoms. The number of amides is 1. The van der Waals surface area contributed by atoms with E-state index < -0.39 is 0 Å². The molecule has 0 heterocycles. The van der Waals surface area contributed by atoms with Crippen molar-refractivity contribution in [1.29, 1.82) is 0 Å². The first kappa shape index (κ1) is 15.8. The van der Waals surface area contributed by atoms with E-state index in [0.717, 1.165) is 17.5 Å². The Labute approximate surface area is 137 Å². The van der Waals surface area contributed by atoms with Gasteiger partial charge in [0.1, 0.15) is 0 Å². The Morgan fingerprint density at radius 1 is 1.13 bits per heavy atom. The third-order valence-corrected chi connectivity index (χ3v) is 4.36. The zero-order valence-electron chi connectivity index (χ0n) is 13.4. The predicted octanol–water partition coefficient (Wildman–Crippen LogP) is 3.72. The Hall–Kier alpha value is -2.13. The fraction of sp³-hybridized carbons (Fsp3) is 0.350. The first-order chi connectivity index (χ1) is 11.2. The molecule has 1 N–H and O–H groups in total. The van der Waals surface area contributed by atoms with Gasteiger partial charge in [-0.3, -0.25) is 4.79 Å². The van der Waals surface area contributed by atoms with E-state index in [-0.39, 0.29) is 17.9 Å². The van der Waals surface area contributed by atoms with Gasteiger partial charge in [-0.25, -0.2) is 0 Å². The van der Waals surface area contributed by atoms with Crippen LogP contribution in [0.2, 0.25) is 0 Å². The molecule has 3 rings (SSSR count). The van der Waals surface area contributed by atoms with Crippen LogP contribution in [0, 0.1) is 11.8 Å². The summed E-state index contributed by atoms with van der Waals surface area (Å²) in [6.07, 6.45) is 0.998. The Kier molecular flexibility index (Phi) is 5.09. The Morgan fingerprint density at radius 3 is 2.35 bits per heavy atom. The molecule has 3 atom stereocenters. The maximum absolute atomic E-state index is 12.3. The highest BCUT2D eigenvalue weighted by Crippen LogP contribution is 2.38. The predicted molar refractivity (Wildman–Crippen MR) is 90.7 cm³/mol. The minimum Gasteiger partial charge on any atom is -0.374 e. The molecule has 1 aliphatic rings. The summed E-state index contributed by atoms with van der Waals surface area (Å²) in [7, 11) is 0. The van der Waals surface area contributed by atoms with Crippen LogP contribution in [-0.2, 0) is 16.1 Å². The van der Waals surface area contributed by atoms with Crippen molar-refractivity contribution in [2.24, 2.45) is 11.8 Å². The molecule has 3 nitrogen and oxygen atoms in total. The Balaban J connectivity index is 1.59. The molecule has 0 aromatic heterocycles. The van der Waals surface area contributed by atoms with Crippen molar-refractivity contribution in [3.8, 4) is 0 Å². The molecule has 0 bridgehead atoms. The molecule has 2 aromatic carbocycles. The highest BCUT2D eigenvalue weighted by molar-refractivity contribution is 5.81. The lowest BCUT2D eigenvalue weighted by molar-refractivity contribution is -0.123. The molecular weight excluding hydrogens is 286 g/mol. The standard InChI is InChI=1S/C20H23NO2/c1-15-12-18(15)20(22)21-19(17-10-6-3-7-11-17)14-23-13-16-8-4-2-5-9-16/h2-11,15,18-19H,12-14H2,1H3,(H,21,22). The highest BCUT2D eigenvalue weighted by Gasteiger charge is 2.39. The van der Waals surface area contributed by atoms with Crippen LogP contribution in [0.1, 0.15) is 30.5 Å². The first-order valence-corrected chi connectivity index (χ1v) is 8.21. The van der Waals surface area contributed by atoms with E-state index in [1.807, 2.05) is 60.7 Å². The first-order valence-electron chi connectivity index (χ1n) is 8.21. The van der Waals surface area contributed by atoms with E-state index >= 15 is 0 Å². The molecule has 0 spiro atoms. The van der Waals surface area contributed by atoms with E-state index in [1.54, 1.807) is 0 Å². The second-order valence-corrected chi connectivity index (χ2v) is 6.29. The lowest BCUT2D eigenvalue weighted by Crippen LogP contribution is -2.33. The fourth-order valence-electron chi connectivity index (χ4n) is 2.74. The summed E-state index contributed by atoms with van der Waals surface area (Å²) in [5, 5.41) is 3.15. The van der Waals surface area contributed by atoms with Crippen LogP contribution in [0.5, 0.6) is 0 Å². The van der Waals surface area contributed by atoms with Crippen LogP contribution >= 0.6 is 0 Å². The molecule has 120 valence electrons. The van der Waals surface area contributed by atoms with Gasteiger partial charge in [0.25, 0.3) is 0 Å². The monoisotopic (exact) mass is 309 g/mol. The summed E-state index contributed by atoms with van der Waals surface area (Å²) in [6, 6.07) is 20.0. The van der Waals surface area contributed by atoms with Gasteiger partial charge in [0.05, 0.1) is 19.3 Å². The molecule has 1 fully saturated rings. The van der Waals surface area contributed by atoms with Gasteiger partial charge in [-0.15, -0.1) is 0 Å². The second kappa shape index (κ2) is 7.42. The lowest BCUT2D eigenvalue weighted by atomic mass is 10.1. The molecule has 0 aliphatic heterocycles. The number of hydrogen-bond donors (Lipinski definition) is 1. The molecule has 2 aromatic rings. The van der Waals surface area contributed by atoms with Gasteiger partial charge >= 0.3 is 0 Å². The van der Waals surface area contributed by atoms with Crippen LogP contribution in [0.15, 0.2) is 60.7 Å². The normalized spacial score (nSPS) is 20.7. The molecular formula is C20H23NO2. The topological polar surface area (TPSA) is 38.3 Å². The Morgan fingerprint density at radius 2 is 1.74 bits per heavy atom. The number of benzene rings is 2. The fourth-order valence-corrected chi connectivity index (χ4v) is 2.74. The summed E-state index contributed by atoms with van der Waals surface area (Å²) in [4.78, 5) is 12.3. The van der Waals surface area contributed by atoms with Gasteiger partial charge in [0, 0.05) is 5.92 Å².